The van der Waals surface area contributed by atoms with Crippen LogP contribution in [0.15, 0.2) is 34.5 Å². The number of esters is 1. The summed E-state index contributed by atoms with van der Waals surface area (Å²) < 4.78 is 9.97. The molecule has 4 nitrogen and oxygen atoms in total. The molecule has 0 spiro atoms. The predicted molar refractivity (Wildman–Crippen MR) is 60.1 cm³/mol. The Labute approximate surface area is 94.3 Å². The number of nitrogens with one attached hydrogen (secondary N) is 1. The summed E-state index contributed by atoms with van der Waals surface area (Å²) in [6, 6.07) is 3.64. The molecule has 1 aromatic rings. The van der Waals surface area contributed by atoms with Crippen molar-refractivity contribution < 1.29 is 13.9 Å². The van der Waals surface area contributed by atoms with Gasteiger partial charge in [0.15, 0.2) is 5.88 Å². The minimum Gasteiger partial charge on any atom is -0.466 e. The Kier molecular flexibility index (Phi) is 3.29. The fraction of sp³-hybridized carbons (Fsp3) is 0.417. The van der Waals surface area contributed by atoms with Crippen LogP contribution < -0.4 is 5.32 Å². The zero-order valence-corrected chi connectivity index (χ0v) is 9.23. The number of hydrogen-bond donors (Lipinski definition) is 1. The number of allylic oxidation sites excluding steroid dienone is 1. The first-order valence-electron chi connectivity index (χ1n) is 5.39. The van der Waals surface area contributed by atoms with Gasteiger partial charge in [-0.15, -0.1) is 0 Å². The maximum absolute atomic E-state index is 11.5. The second-order valence-electron chi connectivity index (χ2n) is 3.76. The summed E-state index contributed by atoms with van der Waals surface area (Å²) in [5, 5.41) is 3.19. The third-order valence-corrected chi connectivity index (χ3v) is 2.70. The third-order valence-electron chi connectivity index (χ3n) is 2.70. The molecule has 0 unspecified atom stereocenters. The van der Waals surface area contributed by atoms with E-state index >= 15 is 0 Å². The minimum atomic E-state index is -0.260. The highest BCUT2D eigenvalue weighted by Crippen LogP contribution is 2.23. The lowest BCUT2D eigenvalue weighted by Crippen LogP contribution is -2.29. The van der Waals surface area contributed by atoms with E-state index in [4.69, 9.17) is 9.15 Å². The van der Waals surface area contributed by atoms with Crippen molar-refractivity contribution in [3.63, 3.8) is 0 Å². The van der Waals surface area contributed by atoms with Crippen molar-refractivity contribution in [1.29, 1.82) is 0 Å². The number of rotatable bonds is 3. The molecule has 0 aromatic carbocycles. The molecule has 16 heavy (non-hydrogen) atoms. The maximum Gasteiger partial charge on any atom is 0.335 e. The summed E-state index contributed by atoms with van der Waals surface area (Å²) in [4.78, 5) is 11.5. The van der Waals surface area contributed by atoms with Crippen LogP contribution in [-0.2, 0) is 9.53 Å². The molecule has 0 saturated carbocycles. The predicted octanol–water partition coefficient (Wildman–Crippen LogP) is 2.34. The van der Waals surface area contributed by atoms with E-state index < -0.39 is 0 Å². The Morgan fingerprint density at radius 2 is 2.50 bits per heavy atom. The molecule has 0 amide bonds. The van der Waals surface area contributed by atoms with E-state index in [1.807, 2.05) is 18.2 Å². The van der Waals surface area contributed by atoms with E-state index in [0.29, 0.717) is 11.5 Å². The van der Waals surface area contributed by atoms with Gasteiger partial charge in [-0.05, 0) is 25.3 Å². The van der Waals surface area contributed by atoms with E-state index in [9.17, 15) is 4.79 Å². The summed E-state index contributed by atoms with van der Waals surface area (Å²) in [5.74, 6) is 0.422. The van der Waals surface area contributed by atoms with Gasteiger partial charge in [-0.3, -0.25) is 0 Å². The number of carbonyl (C=O) groups is 1. The van der Waals surface area contributed by atoms with Crippen LogP contribution in [0.25, 0.3) is 0 Å². The molecule has 2 rings (SSSR count). The monoisotopic (exact) mass is 221 g/mol. The lowest BCUT2D eigenvalue weighted by Gasteiger charge is -2.23. The van der Waals surface area contributed by atoms with Gasteiger partial charge in [-0.1, -0.05) is 6.08 Å². The molecule has 1 N–H and O–H groups in total. The maximum atomic E-state index is 11.5. The summed E-state index contributed by atoms with van der Waals surface area (Å²) in [6.45, 7) is 0. The van der Waals surface area contributed by atoms with Crippen molar-refractivity contribution >= 4 is 11.9 Å². The quantitative estimate of drug-likeness (QED) is 0.796. The lowest BCUT2D eigenvalue weighted by molar-refractivity contribution is -0.136. The van der Waals surface area contributed by atoms with Gasteiger partial charge in [-0.2, -0.15) is 0 Å². The molecular weight excluding hydrogens is 206 g/mol. The lowest BCUT2D eigenvalue weighted by atomic mass is 9.94. The molecule has 1 aromatic heterocycles. The highest BCUT2D eigenvalue weighted by molar-refractivity contribution is 5.90. The van der Waals surface area contributed by atoms with Crippen molar-refractivity contribution in [3.05, 3.63) is 30.0 Å². The van der Waals surface area contributed by atoms with Crippen molar-refractivity contribution in [2.45, 2.75) is 25.3 Å². The van der Waals surface area contributed by atoms with Gasteiger partial charge in [0, 0.05) is 6.07 Å². The first kappa shape index (κ1) is 10.8. The average molecular weight is 221 g/mol. The van der Waals surface area contributed by atoms with Crippen LogP contribution in [0, 0.1) is 0 Å². The zero-order chi connectivity index (χ0) is 11.4. The molecule has 1 atom stereocenters. The molecular formula is C12H15NO3. The van der Waals surface area contributed by atoms with E-state index in [1.165, 1.54) is 7.11 Å². The normalized spacial score (nSPS) is 20.1. The van der Waals surface area contributed by atoms with E-state index in [1.54, 1.807) is 6.26 Å². The highest BCUT2D eigenvalue weighted by Gasteiger charge is 2.24. The first-order valence-corrected chi connectivity index (χ1v) is 5.39. The molecule has 86 valence electrons. The second-order valence-corrected chi connectivity index (χ2v) is 3.76. The molecule has 0 bridgehead atoms. The number of hydrogen-bond acceptors (Lipinski definition) is 4. The molecule has 4 heteroatoms. The van der Waals surface area contributed by atoms with Crippen molar-refractivity contribution in [3.8, 4) is 0 Å². The number of furan rings is 1. The minimum absolute atomic E-state index is 0.00708. The van der Waals surface area contributed by atoms with Crippen molar-refractivity contribution in [1.82, 2.24) is 0 Å². The van der Waals surface area contributed by atoms with Gasteiger partial charge in [0.2, 0.25) is 0 Å². The molecule has 0 fully saturated rings. The molecule has 0 saturated heterocycles. The molecule has 1 aliphatic rings. The van der Waals surface area contributed by atoms with Gasteiger partial charge in [0.05, 0.1) is 25.0 Å². The van der Waals surface area contributed by atoms with E-state index in [0.717, 1.165) is 19.3 Å². The first-order chi connectivity index (χ1) is 7.81. The van der Waals surface area contributed by atoms with Gasteiger partial charge in [-0.25, -0.2) is 4.79 Å². The average Bonchev–Trinajstić information content (AvgIpc) is 2.82. The van der Waals surface area contributed by atoms with Crippen molar-refractivity contribution in [2.24, 2.45) is 0 Å². The zero-order valence-electron chi connectivity index (χ0n) is 9.23. The Morgan fingerprint density at radius 1 is 1.62 bits per heavy atom. The number of methoxy groups -OCH3 is 1. The third kappa shape index (κ3) is 2.27. The fourth-order valence-electron chi connectivity index (χ4n) is 1.90. The van der Waals surface area contributed by atoms with Crippen LogP contribution in [-0.4, -0.2) is 19.1 Å². The summed E-state index contributed by atoms with van der Waals surface area (Å²) in [7, 11) is 1.40. The van der Waals surface area contributed by atoms with Gasteiger partial charge < -0.3 is 14.5 Å². The fourth-order valence-corrected chi connectivity index (χ4v) is 1.90. The Hall–Kier alpha value is -1.71. The topological polar surface area (TPSA) is 51.5 Å². The molecule has 1 aliphatic carbocycles. The highest BCUT2D eigenvalue weighted by atomic mass is 16.5. The summed E-state index contributed by atoms with van der Waals surface area (Å²) in [5.41, 5.74) is 0.699. The number of carbonyl (C=O) groups excluding carboxylic acids is 1. The largest absolute Gasteiger partial charge is 0.466 e. The van der Waals surface area contributed by atoms with Gasteiger partial charge in [0.25, 0.3) is 0 Å². The second kappa shape index (κ2) is 4.88. The summed E-state index contributed by atoms with van der Waals surface area (Å²) in [6.07, 6.45) is 6.46. The molecule has 1 heterocycles. The van der Waals surface area contributed by atoms with Gasteiger partial charge in [0.1, 0.15) is 0 Å². The van der Waals surface area contributed by atoms with Crippen LogP contribution in [0.4, 0.5) is 5.88 Å². The van der Waals surface area contributed by atoms with Crippen LogP contribution in [0.2, 0.25) is 0 Å². The Balaban J connectivity index is 2.10. The van der Waals surface area contributed by atoms with Crippen LogP contribution in [0.3, 0.4) is 0 Å². The van der Waals surface area contributed by atoms with Crippen LogP contribution >= 0.6 is 0 Å². The van der Waals surface area contributed by atoms with E-state index in [-0.39, 0.29) is 12.0 Å². The standard InChI is InChI=1S/C12H15NO3/c1-15-12(14)9-5-2-3-6-10(9)13-11-7-4-8-16-11/h4-5,7-8,10,13H,2-3,6H2,1H3/t10-/m0/s1. The Bertz CT molecular complexity index is 381. The number of ether oxygens (including phenoxy) is 1. The van der Waals surface area contributed by atoms with Crippen LogP contribution in [0.1, 0.15) is 19.3 Å². The van der Waals surface area contributed by atoms with Crippen LogP contribution in [0.5, 0.6) is 0 Å². The SMILES string of the molecule is COC(=O)C1=CCCC[C@@H]1Nc1ccco1. The van der Waals surface area contributed by atoms with Crippen molar-refractivity contribution in [2.75, 3.05) is 12.4 Å². The molecule has 0 aliphatic heterocycles. The van der Waals surface area contributed by atoms with Gasteiger partial charge >= 0.3 is 5.97 Å². The van der Waals surface area contributed by atoms with E-state index in [2.05, 4.69) is 5.32 Å². The smallest absolute Gasteiger partial charge is 0.335 e. The Morgan fingerprint density at radius 3 is 3.19 bits per heavy atom. The summed E-state index contributed by atoms with van der Waals surface area (Å²) >= 11 is 0. The number of anilines is 1. The molecule has 0 radical (unpaired) electrons.